The fourth-order valence-corrected chi connectivity index (χ4v) is 3.51. The third kappa shape index (κ3) is 4.23. The Bertz CT molecular complexity index is 627. The van der Waals surface area contributed by atoms with Crippen LogP contribution in [-0.4, -0.2) is 69.5 Å². The van der Waals surface area contributed by atoms with Gasteiger partial charge in [0.15, 0.2) is 4.90 Å². The molecule has 8 nitrogen and oxygen atoms in total. The van der Waals surface area contributed by atoms with E-state index in [1.54, 1.807) is 0 Å². The first-order valence-electron chi connectivity index (χ1n) is 7.04. The highest BCUT2D eigenvalue weighted by molar-refractivity contribution is 7.89. The van der Waals surface area contributed by atoms with Gasteiger partial charge in [-0.25, -0.2) is 13.1 Å². The van der Waals surface area contributed by atoms with Crippen LogP contribution in [0.25, 0.3) is 0 Å². The summed E-state index contributed by atoms with van der Waals surface area (Å²) < 4.78 is 26.9. The molecule has 0 amide bonds. The van der Waals surface area contributed by atoms with Gasteiger partial charge in [0.25, 0.3) is 5.69 Å². The summed E-state index contributed by atoms with van der Waals surface area (Å²) in [5.74, 6) is 0. The molecule has 122 valence electrons. The number of nitro groups is 1. The quantitative estimate of drug-likeness (QED) is 0.589. The average Bonchev–Trinajstić information content (AvgIpc) is 2.49. The van der Waals surface area contributed by atoms with E-state index in [2.05, 4.69) is 21.6 Å². The molecule has 1 aliphatic rings. The van der Waals surface area contributed by atoms with Gasteiger partial charge in [0, 0.05) is 45.3 Å². The Hall–Kier alpha value is -1.55. The summed E-state index contributed by atoms with van der Waals surface area (Å²) >= 11 is 0. The molecule has 0 aliphatic carbocycles. The van der Waals surface area contributed by atoms with Crippen LogP contribution in [0.15, 0.2) is 29.2 Å². The molecular formula is C13H20N4O4S. The topological polar surface area (TPSA) is 95.8 Å². The zero-order valence-electron chi connectivity index (χ0n) is 12.4. The van der Waals surface area contributed by atoms with Crippen molar-refractivity contribution in [1.82, 2.24) is 14.5 Å². The van der Waals surface area contributed by atoms with E-state index < -0.39 is 20.6 Å². The summed E-state index contributed by atoms with van der Waals surface area (Å²) in [5.41, 5.74) is -0.408. The Balaban J connectivity index is 1.96. The Morgan fingerprint density at radius 3 is 2.50 bits per heavy atom. The molecule has 1 fully saturated rings. The molecule has 0 unspecified atom stereocenters. The lowest BCUT2D eigenvalue weighted by Gasteiger charge is -2.32. The van der Waals surface area contributed by atoms with Crippen molar-refractivity contribution in [2.24, 2.45) is 0 Å². The van der Waals surface area contributed by atoms with E-state index in [1.165, 1.54) is 24.3 Å². The maximum Gasteiger partial charge on any atom is 0.289 e. The van der Waals surface area contributed by atoms with E-state index in [0.717, 1.165) is 26.2 Å². The fourth-order valence-electron chi connectivity index (χ4n) is 2.32. The number of nitro benzene ring substituents is 1. The molecule has 1 aliphatic heterocycles. The number of para-hydroxylation sites is 1. The molecule has 1 aromatic carbocycles. The summed E-state index contributed by atoms with van der Waals surface area (Å²) in [6.07, 6.45) is 0. The number of likely N-dealkylation sites (N-methyl/N-ethyl adjacent to an activating group) is 1. The molecule has 1 aromatic rings. The third-order valence-corrected chi connectivity index (χ3v) is 5.18. The van der Waals surface area contributed by atoms with Crippen molar-refractivity contribution in [3.05, 3.63) is 34.4 Å². The molecule has 0 atom stereocenters. The number of nitrogens with one attached hydrogen (secondary N) is 1. The van der Waals surface area contributed by atoms with Gasteiger partial charge in [-0.1, -0.05) is 12.1 Å². The highest BCUT2D eigenvalue weighted by Gasteiger charge is 2.25. The summed E-state index contributed by atoms with van der Waals surface area (Å²) in [6, 6.07) is 5.36. The van der Waals surface area contributed by atoms with Crippen LogP contribution in [0.3, 0.4) is 0 Å². The van der Waals surface area contributed by atoms with E-state index in [4.69, 9.17) is 0 Å². The molecule has 0 bridgehead atoms. The number of benzene rings is 1. The van der Waals surface area contributed by atoms with E-state index in [-0.39, 0.29) is 11.4 Å². The second-order valence-electron chi connectivity index (χ2n) is 5.27. The molecular weight excluding hydrogens is 308 g/mol. The molecule has 1 heterocycles. The van der Waals surface area contributed by atoms with Gasteiger partial charge in [-0.05, 0) is 13.1 Å². The van der Waals surface area contributed by atoms with Crippen molar-refractivity contribution in [3.8, 4) is 0 Å². The van der Waals surface area contributed by atoms with Gasteiger partial charge in [-0.15, -0.1) is 0 Å². The smallest absolute Gasteiger partial charge is 0.289 e. The maximum atomic E-state index is 12.2. The van der Waals surface area contributed by atoms with Crippen LogP contribution in [0.5, 0.6) is 0 Å². The SMILES string of the molecule is CN1CCN(CCNS(=O)(=O)c2ccccc2[N+](=O)[O-])CC1. The molecule has 0 saturated carbocycles. The van der Waals surface area contributed by atoms with Gasteiger partial charge in [0.2, 0.25) is 10.0 Å². The third-order valence-electron chi connectivity index (χ3n) is 3.67. The summed E-state index contributed by atoms with van der Waals surface area (Å²) in [7, 11) is -1.83. The number of rotatable bonds is 6. The average molecular weight is 328 g/mol. The van der Waals surface area contributed by atoms with Crippen LogP contribution >= 0.6 is 0 Å². The van der Waals surface area contributed by atoms with Crippen LogP contribution in [0, 0.1) is 10.1 Å². The zero-order chi connectivity index (χ0) is 16.2. The molecule has 9 heteroatoms. The van der Waals surface area contributed by atoms with Gasteiger partial charge in [0.1, 0.15) is 0 Å². The largest absolute Gasteiger partial charge is 0.304 e. The van der Waals surface area contributed by atoms with Crippen molar-refractivity contribution >= 4 is 15.7 Å². The van der Waals surface area contributed by atoms with Gasteiger partial charge < -0.3 is 4.90 Å². The molecule has 1 N–H and O–H groups in total. The lowest BCUT2D eigenvalue weighted by atomic mass is 10.3. The predicted octanol–water partition coefficient (Wildman–Crippen LogP) is 0.121. The number of piperazine rings is 1. The van der Waals surface area contributed by atoms with Crippen LogP contribution in [0.1, 0.15) is 0 Å². The zero-order valence-corrected chi connectivity index (χ0v) is 13.3. The van der Waals surface area contributed by atoms with Crippen LogP contribution in [0.2, 0.25) is 0 Å². The molecule has 2 rings (SSSR count). The summed E-state index contributed by atoms with van der Waals surface area (Å²) in [5, 5.41) is 10.9. The van der Waals surface area contributed by atoms with E-state index >= 15 is 0 Å². The second kappa shape index (κ2) is 7.14. The standard InChI is InChI=1S/C13H20N4O4S/c1-15-8-10-16(11-9-15)7-6-14-22(20,21)13-5-3-2-4-12(13)17(18)19/h2-5,14H,6-11H2,1H3. The highest BCUT2D eigenvalue weighted by atomic mass is 32.2. The normalized spacial score (nSPS) is 17.5. The lowest BCUT2D eigenvalue weighted by molar-refractivity contribution is -0.387. The number of nitrogens with zero attached hydrogens (tertiary/aromatic N) is 3. The Labute approximate surface area is 129 Å². The predicted molar refractivity (Wildman–Crippen MR) is 82.2 cm³/mol. The van der Waals surface area contributed by atoms with Crippen LogP contribution in [-0.2, 0) is 10.0 Å². The lowest BCUT2D eigenvalue weighted by Crippen LogP contribution is -2.46. The first kappa shape index (κ1) is 16.8. The highest BCUT2D eigenvalue weighted by Crippen LogP contribution is 2.22. The maximum absolute atomic E-state index is 12.2. The van der Waals surface area contributed by atoms with Gasteiger partial charge in [-0.2, -0.15) is 0 Å². The van der Waals surface area contributed by atoms with E-state index in [9.17, 15) is 18.5 Å². The molecule has 22 heavy (non-hydrogen) atoms. The number of hydrogen-bond acceptors (Lipinski definition) is 6. The monoisotopic (exact) mass is 328 g/mol. The molecule has 0 aromatic heterocycles. The van der Waals surface area contributed by atoms with Crippen molar-refractivity contribution in [1.29, 1.82) is 0 Å². The van der Waals surface area contributed by atoms with Crippen molar-refractivity contribution in [2.45, 2.75) is 4.90 Å². The van der Waals surface area contributed by atoms with Gasteiger partial charge in [0.05, 0.1) is 4.92 Å². The van der Waals surface area contributed by atoms with Gasteiger partial charge in [-0.3, -0.25) is 15.0 Å². The first-order valence-corrected chi connectivity index (χ1v) is 8.52. The summed E-state index contributed by atoms with van der Waals surface area (Å²) in [4.78, 5) is 14.3. The Kier molecular flexibility index (Phi) is 5.46. The minimum Gasteiger partial charge on any atom is -0.304 e. The molecule has 1 saturated heterocycles. The summed E-state index contributed by atoms with van der Waals surface area (Å²) in [6.45, 7) is 4.52. The van der Waals surface area contributed by atoms with E-state index in [1.807, 2.05) is 0 Å². The molecule has 0 spiro atoms. The minimum absolute atomic E-state index is 0.234. The van der Waals surface area contributed by atoms with Crippen molar-refractivity contribution in [3.63, 3.8) is 0 Å². The van der Waals surface area contributed by atoms with E-state index in [0.29, 0.717) is 6.54 Å². The van der Waals surface area contributed by atoms with Crippen LogP contribution < -0.4 is 4.72 Å². The van der Waals surface area contributed by atoms with Crippen LogP contribution in [0.4, 0.5) is 5.69 Å². The number of sulfonamides is 1. The Morgan fingerprint density at radius 1 is 1.23 bits per heavy atom. The van der Waals surface area contributed by atoms with Crippen molar-refractivity contribution < 1.29 is 13.3 Å². The number of hydrogen-bond donors (Lipinski definition) is 1. The minimum atomic E-state index is -3.88. The Morgan fingerprint density at radius 2 is 1.86 bits per heavy atom. The van der Waals surface area contributed by atoms with Crippen molar-refractivity contribution in [2.75, 3.05) is 46.3 Å². The van der Waals surface area contributed by atoms with Gasteiger partial charge >= 0.3 is 0 Å². The first-order chi connectivity index (χ1) is 10.4. The fraction of sp³-hybridized carbons (Fsp3) is 0.538. The molecule has 0 radical (unpaired) electrons. The second-order valence-corrected chi connectivity index (χ2v) is 7.00.